The lowest BCUT2D eigenvalue weighted by molar-refractivity contribution is 0.509. The standard InChI is InChI=1S/C16H23N3/c1-6-19-14(17)13(18-15(19)16(3,4)5)12-9-7-11(2)8-10-12/h7-10H,6,17H2,1-5H3. The van der Waals surface area contributed by atoms with Crippen LogP contribution >= 0.6 is 0 Å². The summed E-state index contributed by atoms with van der Waals surface area (Å²) >= 11 is 0. The van der Waals surface area contributed by atoms with Gasteiger partial charge in [-0.2, -0.15) is 0 Å². The van der Waals surface area contributed by atoms with Crippen LogP contribution in [0.3, 0.4) is 0 Å². The first-order valence-corrected chi connectivity index (χ1v) is 6.78. The van der Waals surface area contributed by atoms with Crippen molar-refractivity contribution in [2.75, 3.05) is 5.73 Å². The fraction of sp³-hybridized carbons (Fsp3) is 0.438. The molecule has 19 heavy (non-hydrogen) atoms. The number of aryl methyl sites for hydroxylation is 1. The maximum Gasteiger partial charge on any atom is 0.131 e. The Morgan fingerprint density at radius 3 is 2.16 bits per heavy atom. The van der Waals surface area contributed by atoms with Crippen LogP contribution in [-0.2, 0) is 12.0 Å². The maximum absolute atomic E-state index is 6.28. The zero-order valence-electron chi connectivity index (χ0n) is 12.5. The highest BCUT2D eigenvalue weighted by molar-refractivity contribution is 5.71. The van der Waals surface area contributed by atoms with Gasteiger partial charge < -0.3 is 10.3 Å². The molecule has 0 saturated carbocycles. The maximum atomic E-state index is 6.28. The minimum absolute atomic E-state index is 0.00687. The van der Waals surface area contributed by atoms with Crippen LogP contribution in [0.25, 0.3) is 11.3 Å². The van der Waals surface area contributed by atoms with Crippen molar-refractivity contribution >= 4 is 5.82 Å². The van der Waals surface area contributed by atoms with Crippen LogP contribution in [-0.4, -0.2) is 9.55 Å². The van der Waals surface area contributed by atoms with Crippen molar-refractivity contribution in [3.63, 3.8) is 0 Å². The smallest absolute Gasteiger partial charge is 0.131 e. The molecule has 0 spiro atoms. The molecule has 1 aromatic carbocycles. The average Bonchev–Trinajstić information content (AvgIpc) is 2.67. The quantitative estimate of drug-likeness (QED) is 0.890. The number of nitrogens with zero attached hydrogens (tertiary/aromatic N) is 2. The summed E-state index contributed by atoms with van der Waals surface area (Å²) in [6.45, 7) is 11.5. The number of rotatable bonds is 2. The molecule has 3 nitrogen and oxygen atoms in total. The van der Waals surface area contributed by atoms with E-state index in [1.54, 1.807) is 0 Å². The van der Waals surface area contributed by atoms with Crippen LogP contribution in [0.15, 0.2) is 24.3 Å². The van der Waals surface area contributed by atoms with Gasteiger partial charge in [0.05, 0.1) is 0 Å². The number of benzene rings is 1. The Bertz CT molecular complexity index is 571. The van der Waals surface area contributed by atoms with Gasteiger partial charge in [0.25, 0.3) is 0 Å². The highest BCUT2D eigenvalue weighted by Gasteiger charge is 2.24. The van der Waals surface area contributed by atoms with Crippen molar-refractivity contribution in [3.8, 4) is 11.3 Å². The van der Waals surface area contributed by atoms with Gasteiger partial charge >= 0.3 is 0 Å². The molecule has 2 N–H and O–H groups in total. The Kier molecular flexibility index (Phi) is 3.40. The van der Waals surface area contributed by atoms with E-state index >= 15 is 0 Å². The van der Waals surface area contributed by atoms with Gasteiger partial charge in [-0.1, -0.05) is 50.6 Å². The van der Waals surface area contributed by atoms with Crippen molar-refractivity contribution in [2.45, 2.75) is 46.6 Å². The molecule has 0 bridgehead atoms. The van der Waals surface area contributed by atoms with Crippen molar-refractivity contribution in [3.05, 3.63) is 35.7 Å². The Labute approximate surface area is 115 Å². The predicted molar refractivity (Wildman–Crippen MR) is 81.2 cm³/mol. The number of hydrogen-bond donors (Lipinski definition) is 1. The Hall–Kier alpha value is -1.77. The molecule has 0 fully saturated rings. The fourth-order valence-corrected chi connectivity index (χ4v) is 2.28. The molecule has 1 heterocycles. The summed E-state index contributed by atoms with van der Waals surface area (Å²) in [6.07, 6.45) is 0. The Balaban J connectivity index is 2.59. The van der Waals surface area contributed by atoms with E-state index < -0.39 is 0 Å². The van der Waals surface area contributed by atoms with Crippen LogP contribution in [0.4, 0.5) is 5.82 Å². The number of nitrogens with two attached hydrogens (primary N) is 1. The number of imidazole rings is 1. The van der Waals surface area contributed by atoms with E-state index in [4.69, 9.17) is 10.7 Å². The minimum Gasteiger partial charge on any atom is -0.383 e. The molecular formula is C16H23N3. The van der Waals surface area contributed by atoms with E-state index in [2.05, 4.69) is 63.5 Å². The van der Waals surface area contributed by atoms with E-state index in [0.717, 1.165) is 29.4 Å². The Morgan fingerprint density at radius 1 is 1.16 bits per heavy atom. The molecule has 0 saturated heterocycles. The first-order valence-electron chi connectivity index (χ1n) is 6.78. The van der Waals surface area contributed by atoms with Gasteiger partial charge in [0, 0.05) is 17.5 Å². The van der Waals surface area contributed by atoms with Gasteiger partial charge in [-0.25, -0.2) is 4.98 Å². The van der Waals surface area contributed by atoms with Crippen molar-refractivity contribution in [1.82, 2.24) is 9.55 Å². The second-order valence-electron chi connectivity index (χ2n) is 6.03. The summed E-state index contributed by atoms with van der Waals surface area (Å²) < 4.78 is 2.11. The highest BCUT2D eigenvalue weighted by Crippen LogP contribution is 2.31. The summed E-state index contributed by atoms with van der Waals surface area (Å²) in [5, 5.41) is 0. The summed E-state index contributed by atoms with van der Waals surface area (Å²) in [5.74, 6) is 1.80. The normalized spacial score (nSPS) is 11.8. The largest absolute Gasteiger partial charge is 0.383 e. The zero-order valence-corrected chi connectivity index (χ0v) is 12.5. The third-order valence-corrected chi connectivity index (χ3v) is 3.32. The second kappa shape index (κ2) is 4.72. The minimum atomic E-state index is -0.00687. The van der Waals surface area contributed by atoms with Crippen molar-refractivity contribution in [1.29, 1.82) is 0 Å². The Morgan fingerprint density at radius 2 is 1.74 bits per heavy atom. The number of hydrogen-bond acceptors (Lipinski definition) is 2. The highest BCUT2D eigenvalue weighted by atomic mass is 15.1. The molecule has 0 aliphatic heterocycles. The molecule has 102 valence electrons. The third-order valence-electron chi connectivity index (χ3n) is 3.32. The molecule has 3 heteroatoms. The molecule has 0 radical (unpaired) electrons. The lowest BCUT2D eigenvalue weighted by Gasteiger charge is -2.19. The van der Waals surface area contributed by atoms with Gasteiger partial charge in [-0.05, 0) is 13.8 Å². The van der Waals surface area contributed by atoms with E-state index in [0.29, 0.717) is 0 Å². The van der Waals surface area contributed by atoms with Crippen LogP contribution in [0.1, 0.15) is 39.1 Å². The summed E-state index contributed by atoms with van der Waals surface area (Å²) in [6, 6.07) is 8.36. The lowest BCUT2D eigenvalue weighted by atomic mass is 9.95. The van der Waals surface area contributed by atoms with Gasteiger partial charge in [-0.3, -0.25) is 0 Å². The average molecular weight is 257 g/mol. The monoisotopic (exact) mass is 257 g/mol. The first kappa shape index (κ1) is 13.7. The number of anilines is 1. The van der Waals surface area contributed by atoms with Gasteiger partial charge in [0.2, 0.25) is 0 Å². The molecule has 0 unspecified atom stereocenters. The molecule has 0 aliphatic rings. The van der Waals surface area contributed by atoms with Gasteiger partial charge in [0.1, 0.15) is 17.3 Å². The van der Waals surface area contributed by atoms with Crippen LogP contribution in [0.2, 0.25) is 0 Å². The zero-order chi connectivity index (χ0) is 14.2. The molecular weight excluding hydrogens is 234 g/mol. The summed E-state index contributed by atoms with van der Waals surface area (Å²) in [5.41, 5.74) is 9.50. The molecule has 1 aromatic heterocycles. The SMILES string of the molecule is CCn1c(C(C)(C)C)nc(-c2ccc(C)cc2)c1N. The molecule has 0 aliphatic carbocycles. The molecule has 2 aromatic rings. The molecule has 0 atom stereocenters. The lowest BCUT2D eigenvalue weighted by Crippen LogP contribution is -2.19. The van der Waals surface area contributed by atoms with Crippen LogP contribution in [0, 0.1) is 6.92 Å². The van der Waals surface area contributed by atoms with Crippen molar-refractivity contribution < 1.29 is 0 Å². The molecule has 2 rings (SSSR count). The van der Waals surface area contributed by atoms with E-state index in [9.17, 15) is 0 Å². The van der Waals surface area contributed by atoms with Gasteiger partial charge in [-0.15, -0.1) is 0 Å². The van der Waals surface area contributed by atoms with Crippen molar-refractivity contribution in [2.24, 2.45) is 0 Å². The molecule has 0 amide bonds. The predicted octanol–water partition coefficient (Wildman–Crippen LogP) is 3.76. The van der Waals surface area contributed by atoms with Gasteiger partial charge in [0.15, 0.2) is 0 Å². The second-order valence-corrected chi connectivity index (χ2v) is 6.03. The summed E-state index contributed by atoms with van der Waals surface area (Å²) in [7, 11) is 0. The van der Waals surface area contributed by atoms with E-state index in [1.807, 2.05) is 0 Å². The third kappa shape index (κ3) is 2.50. The topological polar surface area (TPSA) is 43.8 Å². The van der Waals surface area contributed by atoms with E-state index in [-0.39, 0.29) is 5.41 Å². The summed E-state index contributed by atoms with van der Waals surface area (Å²) in [4.78, 5) is 4.79. The number of aromatic nitrogens is 2. The number of nitrogen functional groups attached to an aromatic ring is 1. The van der Waals surface area contributed by atoms with E-state index in [1.165, 1.54) is 5.56 Å². The first-order chi connectivity index (χ1) is 8.84. The fourth-order valence-electron chi connectivity index (χ4n) is 2.28. The van der Waals surface area contributed by atoms with Crippen LogP contribution in [0.5, 0.6) is 0 Å². The van der Waals surface area contributed by atoms with Crippen LogP contribution < -0.4 is 5.73 Å².